The zero-order valence-electron chi connectivity index (χ0n) is 12.0. The second kappa shape index (κ2) is 7.09. The van der Waals surface area contributed by atoms with Gasteiger partial charge in [-0.1, -0.05) is 17.7 Å². The third kappa shape index (κ3) is 4.46. The van der Waals surface area contributed by atoms with Gasteiger partial charge in [-0.05, 0) is 37.6 Å². The predicted octanol–water partition coefficient (Wildman–Crippen LogP) is 2.55. The number of aromatic amines is 1. The van der Waals surface area contributed by atoms with Crippen LogP contribution in [-0.2, 0) is 11.3 Å². The smallest absolute Gasteiger partial charge is 0.261 e. The Hall–Kier alpha value is -2.07. The minimum Gasteiger partial charge on any atom is -0.481 e. The number of carbonyl (C=O) groups is 1. The van der Waals surface area contributed by atoms with Gasteiger partial charge in [0, 0.05) is 17.2 Å². The van der Waals surface area contributed by atoms with Crippen LogP contribution in [0.4, 0.5) is 0 Å². The summed E-state index contributed by atoms with van der Waals surface area (Å²) in [7, 11) is 0. The first-order valence-corrected chi connectivity index (χ1v) is 7.10. The summed E-state index contributed by atoms with van der Waals surface area (Å²) in [6.45, 7) is 4.05. The maximum absolute atomic E-state index is 12.0. The maximum Gasteiger partial charge on any atom is 0.261 e. The minimum atomic E-state index is -0.575. The highest BCUT2D eigenvalue weighted by atomic mass is 35.5. The van der Waals surface area contributed by atoms with Gasteiger partial charge in [-0.15, -0.1) is 0 Å². The Labute approximate surface area is 129 Å². The van der Waals surface area contributed by atoms with E-state index in [2.05, 4.69) is 10.3 Å². The molecule has 2 aromatic rings. The number of aryl methyl sites for hydroxylation is 1. The number of benzene rings is 1. The first-order valence-electron chi connectivity index (χ1n) is 6.72. The van der Waals surface area contributed by atoms with Crippen molar-refractivity contribution in [3.05, 3.63) is 58.9 Å². The average molecular weight is 306 g/mol. The summed E-state index contributed by atoms with van der Waals surface area (Å²) in [6.07, 6.45) is 1.24. The van der Waals surface area contributed by atoms with E-state index in [9.17, 15) is 4.79 Å². The van der Waals surface area contributed by atoms with Crippen LogP contribution in [0.25, 0.3) is 0 Å². The summed E-state index contributed by atoms with van der Waals surface area (Å²) in [5.74, 6) is 0.495. The Balaban J connectivity index is 1.90. The zero-order chi connectivity index (χ0) is 15.2. The number of nitrogens with one attached hydrogen (secondary N) is 2. The van der Waals surface area contributed by atoms with Crippen molar-refractivity contribution in [3.63, 3.8) is 0 Å². The van der Waals surface area contributed by atoms with E-state index in [1.807, 2.05) is 31.3 Å². The van der Waals surface area contributed by atoms with Crippen molar-refractivity contribution in [1.29, 1.82) is 0 Å². The molecule has 0 spiro atoms. The van der Waals surface area contributed by atoms with E-state index in [1.165, 1.54) is 0 Å². The molecule has 1 unspecified atom stereocenters. The molecule has 1 aromatic carbocycles. The maximum atomic E-state index is 12.0. The van der Waals surface area contributed by atoms with Crippen LogP contribution in [0.15, 0.2) is 42.6 Å². The number of ether oxygens (including phenoxy) is 1. The number of pyridine rings is 1. The third-order valence-electron chi connectivity index (χ3n) is 3.04. The molecule has 4 nitrogen and oxygen atoms in total. The molecule has 5 heteroatoms. The molecule has 0 aliphatic carbocycles. The molecule has 1 aromatic heterocycles. The van der Waals surface area contributed by atoms with Crippen molar-refractivity contribution in [2.45, 2.75) is 26.5 Å². The van der Waals surface area contributed by atoms with Gasteiger partial charge in [0.05, 0.1) is 0 Å². The molecule has 0 aliphatic rings. The van der Waals surface area contributed by atoms with Crippen LogP contribution >= 0.6 is 11.6 Å². The fraction of sp³-hybridized carbons (Fsp3) is 0.250. The molecule has 0 saturated heterocycles. The van der Waals surface area contributed by atoms with Crippen LogP contribution < -0.4 is 15.0 Å². The lowest BCUT2D eigenvalue weighted by Gasteiger charge is -2.15. The van der Waals surface area contributed by atoms with Crippen LogP contribution in [-0.4, -0.2) is 12.0 Å². The molecule has 21 heavy (non-hydrogen) atoms. The molecule has 0 radical (unpaired) electrons. The van der Waals surface area contributed by atoms with Gasteiger partial charge in [0.25, 0.3) is 5.91 Å². The van der Waals surface area contributed by atoms with Gasteiger partial charge in [0.1, 0.15) is 12.3 Å². The van der Waals surface area contributed by atoms with Gasteiger partial charge >= 0.3 is 0 Å². The molecule has 0 aliphatic heterocycles. The number of hydrogen-bond acceptors (Lipinski definition) is 2. The summed E-state index contributed by atoms with van der Waals surface area (Å²) in [4.78, 5) is 15.1. The monoisotopic (exact) mass is 305 g/mol. The van der Waals surface area contributed by atoms with E-state index < -0.39 is 6.10 Å². The average Bonchev–Trinajstić information content (AvgIpc) is 2.48. The van der Waals surface area contributed by atoms with Crippen LogP contribution in [0, 0.1) is 6.92 Å². The molecule has 2 rings (SSSR count). The van der Waals surface area contributed by atoms with Crippen molar-refractivity contribution in [1.82, 2.24) is 5.32 Å². The van der Waals surface area contributed by atoms with Crippen LogP contribution in [0.5, 0.6) is 5.75 Å². The highest BCUT2D eigenvalue weighted by Crippen LogP contribution is 2.22. The molecule has 0 saturated carbocycles. The van der Waals surface area contributed by atoms with Crippen LogP contribution in [0.3, 0.4) is 0 Å². The fourth-order valence-electron chi connectivity index (χ4n) is 1.86. The number of hydrogen-bond donors (Lipinski definition) is 1. The highest BCUT2D eigenvalue weighted by Gasteiger charge is 2.16. The van der Waals surface area contributed by atoms with Crippen molar-refractivity contribution < 1.29 is 14.5 Å². The van der Waals surface area contributed by atoms with Gasteiger partial charge in [0.2, 0.25) is 0 Å². The Morgan fingerprint density at radius 1 is 1.38 bits per heavy atom. The molecule has 110 valence electrons. The SMILES string of the molecule is Cc1cc(Cl)ccc1OC(C)C(=O)NCc1cccc[nH+]1. The Kier molecular flexibility index (Phi) is 5.17. The van der Waals surface area contributed by atoms with Gasteiger partial charge in [-0.3, -0.25) is 4.79 Å². The van der Waals surface area contributed by atoms with Gasteiger partial charge in [0.15, 0.2) is 18.0 Å². The second-order valence-electron chi connectivity index (χ2n) is 4.78. The number of halogens is 1. The molecule has 1 atom stereocenters. The minimum absolute atomic E-state index is 0.165. The topological polar surface area (TPSA) is 52.5 Å². The summed E-state index contributed by atoms with van der Waals surface area (Å²) in [6, 6.07) is 11.0. The first-order chi connectivity index (χ1) is 10.1. The van der Waals surface area contributed by atoms with E-state index in [4.69, 9.17) is 16.3 Å². The second-order valence-corrected chi connectivity index (χ2v) is 5.21. The largest absolute Gasteiger partial charge is 0.481 e. The fourth-order valence-corrected chi connectivity index (χ4v) is 2.08. The normalized spacial score (nSPS) is 11.8. The Morgan fingerprint density at radius 2 is 2.19 bits per heavy atom. The lowest BCUT2D eigenvalue weighted by molar-refractivity contribution is -0.390. The Morgan fingerprint density at radius 3 is 2.86 bits per heavy atom. The molecule has 0 bridgehead atoms. The lowest BCUT2D eigenvalue weighted by atomic mass is 10.2. The molecule has 0 fully saturated rings. The van der Waals surface area contributed by atoms with Gasteiger partial charge in [-0.2, -0.15) is 0 Å². The Bertz CT molecular complexity index is 617. The summed E-state index contributed by atoms with van der Waals surface area (Å²) in [5.41, 5.74) is 1.83. The highest BCUT2D eigenvalue weighted by molar-refractivity contribution is 6.30. The molecule has 1 heterocycles. The van der Waals surface area contributed by atoms with E-state index in [0.29, 0.717) is 17.3 Å². The zero-order valence-corrected chi connectivity index (χ0v) is 12.8. The van der Waals surface area contributed by atoms with Crippen molar-refractivity contribution in [2.75, 3.05) is 0 Å². The number of carbonyl (C=O) groups excluding carboxylic acids is 1. The van der Waals surface area contributed by atoms with E-state index in [0.717, 1.165) is 11.3 Å². The number of rotatable bonds is 5. The van der Waals surface area contributed by atoms with E-state index in [1.54, 1.807) is 25.1 Å². The predicted molar refractivity (Wildman–Crippen MR) is 81.1 cm³/mol. The molecule has 1 amide bonds. The quantitative estimate of drug-likeness (QED) is 0.923. The van der Waals surface area contributed by atoms with Crippen molar-refractivity contribution in [2.24, 2.45) is 0 Å². The third-order valence-corrected chi connectivity index (χ3v) is 3.27. The number of H-pyrrole nitrogens is 1. The number of aromatic nitrogens is 1. The molecule has 2 N–H and O–H groups in total. The first kappa shape index (κ1) is 15.3. The molecular formula is C16H18ClN2O2+. The van der Waals surface area contributed by atoms with Gasteiger partial charge in [-0.25, -0.2) is 4.98 Å². The molecular weight excluding hydrogens is 288 g/mol. The number of amides is 1. The van der Waals surface area contributed by atoms with Crippen LogP contribution in [0.2, 0.25) is 5.02 Å². The standard InChI is InChI=1S/C16H17ClN2O2/c1-11-9-13(17)6-7-15(11)21-12(2)16(20)19-10-14-5-3-4-8-18-14/h3-9,12H,10H2,1-2H3,(H,19,20)/p+1. The summed E-state index contributed by atoms with van der Waals surface area (Å²) < 4.78 is 5.67. The lowest BCUT2D eigenvalue weighted by Crippen LogP contribution is -2.37. The van der Waals surface area contributed by atoms with Crippen molar-refractivity contribution in [3.8, 4) is 5.75 Å². The van der Waals surface area contributed by atoms with Crippen molar-refractivity contribution >= 4 is 17.5 Å². The van der Waals surface area contributed by atoms with E-state index in [-0.39, 0.29) is 5.91 Å². The summed E-state index contributed by atoms with van der Waals surface area (Å²) >= 11 is 5.90. The van der Waals surface area contributed by atoms with Crippen LogP contribution in [0.1, 0.15) is 18.2 Å². The van der Waals surface area contributed by atoms with E-state index >= 15 is 0 Å². The van der Waals surface area contributed by atoms with Gasteiger partial charge < -0.3 is 10.1 Å². The summed E-state index contributed by atoms with van der Waals surface area (Å²) in [5, 5.41) is 3.48.